The third-order valence-corrected chi connectivity index (χ3v) is 8.48. The first-order valence-electron chi connectivity index (χ1n) is 14.2. The van der Waals surface area contributed by atoms with Gasteiger partial charge in [0.2, 0.25) is 5.91 Å². The Morgan fingerprint density at radius 3 is 2.07 bits per heavy atom. The van der Waals surface area contributed by atoms with Crippen LogP contribution < -0.4 is 4.74 Å². The molecule has 3 aromatic carbocycles. The van der Waals surface area contributed by atoms with E-state index in [4.69, 9.17) is 21.2 Å². The Hall–Kier alpha value is -3.78. The molecular formula is C34H34ClF3N2O3. The second kappa shape index (κ2) is 11.7. The van der Waals surface area contributed by atoms with E-state index in [-0.39, 0.29) is 11.3 Å². The van der Waals surface area contributed by atoms with Gasteiger partial charge in [0.05, 0.1) is 23.4 Å². The van der Waals surface area contributed by atoms with Gasteiger partial charge < -0.3 is 14.5 Å². The summed E-state index contributed by atoms with van der Waals surface area (Å²) in [7, 11) is 1.56. The van der Waals surface area contributed by atoms with E-state index in [1.165, 1.54) is 18.2 Å². The number of hydrogen-bond donors (Lipinski definition) is 0. The molecule has 5 rings (SSSR count). The van der Waals surface area contributed by atoms with E-state index in [0.29, 0.717) is 54.3 Å². The fourth-order valence-electron chi connectivity index (χ4n) is 5.46. The number of carbonyl (C=O) groups is 1. The van der Waals surface area contributed by atoms with Crippen LogP contribution in [0.25, 0.3) is 5.57 Å². The van der Waals surface area contributed by atoms with Crippen LogP contribution >= 0.6 is 11.6 Å². The molecule has 1 saturated heterocycles. The predicted molar refractivity (Wildman–Crippen MR) is 162 cm³/mol. The van der Waals surface area contributed by atoms with Gasteiger partial charge in [-0.05, 0) is 51.9 Å². The first kappa shape index (κ1) is 30.7. The largest absolute Gasteiger partial charge is 0.495 e. The van der Waals surface area contributed by atoms with Crippen LogP contribution in [-0.4, -0.2) is 42.3 Å². The third kappa shape index (κ3) is 6.74. The topological polar surface area (TPSA) is 51.1 Å². The number of nitrogens with zero attached hydrogens (tertiary/aromatic N) is 2. The summed E-state index contributed by atoms with van der Waals surface area (Å²) < 4.78 is 45.1. The van der Waals surface area contributed by atoms with Gasteiger partial charge in [-0.2, -0.15) is 13.2 Å². The van der Waals surface area contributed by atoms with Crippen molar-refractivity contribution in [1.82, 2.24) is 4.90 Å². The fraction of sp³-hybridized carbons (Fsp3) is 0.353. The molecule has 1 amide bonds. The van der Waals surface area contributed by atoms with Crippen LogP contribution in [0.2, 0.25) is 5.02 Å². The van der Waals surface area contributed by atoms with Crippen LogP contribution in [0.3, 0.4) is 0 Å². The van der Waals surface area contributed by atoms with Gasteiger partial charge >= 0.3 is 6.18 Å². The lowest BCUT2D eigenvalue weighted by Crippen LogP contribution is -2.46. The van der Waals surface area contributed by atoms with E-state index >= 15 is 0 Å². The average molecular weight is 611 g/mol. The molecule has 2 aliphatic heterocycles. The molecule has 5 nitrogen and oxygen atoms in total. The van der Waals surface area contributed by atoms with Crippen molar-refractivity contribution in [3.05, 3.63) is 106 Å². The number of rotatable bonds is 5. The number of likely N-dealkylation sites (tertiary alicyclic amines) is 1. The molecule has 9 heteroatoms. The molecule has 0 radical (unpaired) electrons. The number of amides is 1. The van der Waals surface area contributed by atoms with Crippen LogP contribution in [0.15, 0.2) is 78.0 Å². The molecular weight excluding hydrogens is 577 g/mol. The normalized spacial score (nSPS) is 17.1. The Morgan fingerprint density at radius 1 is 0.953 bits per heavy atom. The Morgan fingerprint density at radius 2 is 1.53 bits per heavy atom. The highest BCUT2D eigenvalue weighted by atomic mass is 35.5. The lowest BCUT2D eigenvalue weighted by atomic mass is 9.85. The number of alkyl halides is 3. The summed E-state index contributed by atoms with van der Waals surface area (Å²) in [6.45, 7) is 7.25. The van der Waals surface area contributed by atoms with Crippen LogP contribution in [0, 0.1) is 0 Å². The van der Waals surface area contributed by atoms with E-state index in [1.54, 1.807) is 18.1 Å². The third-order valence-electron chi connectivity index (χ3n) is 8.16. The minimum Gasteiger partial charge on any atom is -0.495 e. The first-order chi connectivity index (χ1) is 20.3. The Labute approximate surface area is 254 Å². The smallest absolute Gasteiger partial charge is 0.416 e. The van der Waals surface area contributed by atoms with Crippen molar-refractivity contribution in [1.29, 1.82) is 0 Å². The SMILES string of the molecule is COc1cc(C2=NOC3(CCN(C(=O)C=C(c4ccc(C(C)(C)C)cc4)c4ccc(C(F)(F)F)cc4)CC3)C2)ccc1Cl. The number of oxime groups is 1. The maximum atomic E-state index is 13.6. The minimum atomic E-state index is -4.44. The van der Waals surface area contributed by atoms with Crippen molar-refractivity contribution < 1.29 is 27.5 Å². The molecule has 0 unspecified atom stereocenters. The van der Waals surface area contributed by atoms with E-state index in [1.807, 2.05) is 36.4 Å². The molecule has 3 aromatic rings. The van der Waals surface area contributed by atoms with Gasteiger partial charge in [0.1, 0.15) is 11.4 Å². The highest BCUT2D eigenvalue weighted by Crippen LogP contribution is 2.38. The van der Waals surface area contributed by atoms with E-state index in [9.17, 15) is 18.0 Å². The van der Waals surface area contributed by atoms with Gasteiger partial charge in [-0.1, -0.05) is 80.0 Å². The molecule has 0 N–H and O–H groups in total. The van der Waals surface area contributed by atoms with Crippen LogP contribution in [0.4, 0.5) is 13.2 Å². The Balaban J connectivity index is 1.34. The van der Waals surface area contributed by atoms with Gasteiger partial charge in [0.25, 0.3) is 0 Å². The molecule has 0 aliphatic carbocycles. The average Bonchev–Trinajstić information content (AvgIpc) is 3.39. The molecule has 226 valence electrons. The summed E-state index contributed by atoms with van der Waals surface area (Å²) in [6.07, 6.45) is -1.11. The molecule has 0 aromatic heterocycles. The van der Waals surface area contributed by atoms with E-state index in [0.717, 1.165) is 34.5 Å². The van der Waals surface area contributed by atoms with Gasteiger partial charge in [-0.3, -0.25) is 4.79 Å². The van der Waals surface area contributed by atoms with Crippen molar-refractivity contribution in [3.8, 4) is 5.75 Å². The van der Waals surface area contributed by atoms with Crippen molar-refractivity contribution in [2.45, 2.75) is 57.2 Å². The van der Waals surface area contributed by atoms with Crippen molar-refractivity contribution in [3.63, 3.8) is 0 Å². The lowest BCUT2D eigenvalue weighted by Gasteiger charge is -2.37. The summed E-state index contributed by atoms with van der Waals surface area (Å²) in [5, 5.41) is 4.87. The van der Waals surface area contributed by atoms with Gasteiger partial charge in [0.15, 0.2) is 0 Å². The van der Waals surface area contributed by atoms with E-state index in [2.05, 4.69) is 25.9 Å². The zero-order chi connectivity index (χ0) is 31.0. The Kier molecular flexibility index (Phi) is 8.36. The highest BCUT2D eigenvalue weighted by molar-refractivity contribution is 6.32. The van der Waals surface area contributed by atoms with Crippen LogP contribution in [-0.2, 0) is 21.2 Å². The second-order valence-corrected chi connectivity index (χ2v) is 12.5. The minimum absolute atomic E-state index is 0.0676. The standard InChI is InChI=1S/C34H34ClF3N2O3/c1-32(2,3)25-10-5-22(6-11-25)27(23-7-12-26(13-8-23)34(36,37)38)20-31(41)40-17-15-33(16-18-40)21-29(39-43-33)24-9-14-28(35)30(19-24)42-4/h5-14,19-20H,15-18,21H2,1-4H3. The molecule has 0 bridgehead atoms. The molecule has 1 spiro atoms. The van der Waals surface area contributed by atoms with Crippen molar-refractivity contribution in [2.24, 2.45) is 5.16 Å². The van der Waals surface area contributed by atoms with Crippen molar-refractivity contribution in [2.75, 3.05) is 20.2 Å². The second-order valence-electron chi connectivity index (χ2n) is 12.1. The maximum absolute atomic E-state index is 13.6. The summed E-state index contributed by atoms with van der Waals surface area (Å²) >= 11 is 6.17. The van der Waals surface area contributed by atoms with Crippen molar-refractivity contribution >= 4 is 28.8 Å². The summed E-state index contributed by atoms with van der Waals surface area (Å²) in [6, 6.07) is 18.2. The number of benzene rings is 3. The maximum Gasteiger partial charge on any atom is 0.416 e. The van der Waals surface area contributed by atoms with E-state index < -0.39 is 17.3 Å². The number of halogens is 4. The molecule has 2 heterocycles. The number of piperidine rings is 1. The Bertz CT molecular complexity index is 1490. The molecule has 0 atom stereocenters. The lowest BCUT2D eigenvalue weighted by molar-refractivity contribution is -0.137. The van der Waals surface area contributed by atoms with Gasteiger partial charge in [-0.25, -0.2) is 0 Å². The molecule has 0 saturated carbocycles. The molecule has 1 fully saturated rings. The summed E-state index contributed by atoms with van der Waals surface area (Å²) in [5.41, 5.74) is 3.35. The predicted octanol–water partition coefficient (Wildman–Crippen LogP) is 8.28. The zero-order valence-electron chi connectivity index (χ0n) is 24.6. The summed E-state index contributed by atoms with van der Waals surface area (Å²) in [5.74, 6) is 0.359. The molecule has 2 aliphatic rings. The summed E-state index contributed by atoms with van der Waals surface area (Å²) in [4.78, 5) is 21.3. The number of hydrogen-bond acceptors (Lipinski definition) is 4. The quantitative estimate of drug-likeness (QED) is 0.273. The number of carbonyl (C=O) groups excluding carboxylic acids is 1. The zero-order valence-corrected chi connectivity index (χ0v) is 25.4. The fourth-order valence-corrected chi connectivity index (χ4v) is 5.65. The number of ether oxygens (including phenoxy) is 1. The highest BCUT2D eigenvalue weighted by Gasteiger charge is 2.43. The van der Waals surface area contributed by atoms with Crippen LogP contribution in [0.1, 0.15) is 67.9 Å². The van der Waals surface area contributed by atoms with Gasteiger partial charge in [-0.15, -0.1) is 0 Å². The van der Waals surface area contributed by atoms with Gasteiger partial charge in [0, 0.05) is 44.0 Å². The monoisotopic (exact) mass is 610 g/mol. The molecule has 43 heavy (non-hydrogen) atoms. The first-order valence-corrected chi connectivity index (χ1v) is 14.5. The van der Waals surface area contributed by atoms with Crippen LogP contribution in [0.5, 0.6) is 5.75 Å². The number of methoxy groups -OCH3 is 1.